The number of phenolic OH excluding ortho intramolecular Hbond substituents is 1. The first-order chi connectivity index (χ1) is 13.7. The summed E-state index contributed by atoms with van der Waals surface area (Å²) in [6, 6.07) is 9.45. The summed E-state index contributed by atoms with van der Waals surface area (Å²) in [4.78, 5) is 2.31. The fraction of sp³-hybridized carbons (Fsp3) is 0.316. The van der Waals surface area contributed by atoms with Crippen LogP contribution in [0.4, 0.5) is 11.5 Å². The summed E-state index contributed by atoms with van der Waals surface area (Å²) in [5, 5.41) is 26.3. The molecule has 2 aromatic heterocycles. The lowest BCUT2D eigenvalue weighted by Crippen LogP contribution is -2.62. The number of rotatable bonds is 3. The predicted octanol–water partition coefficient (Wildman–Crippen LogP) is 0.794. The second-order valence-corrected chi connectivity index (χ2v) is 7.16. The third-order valence-corrected chi connectivity index (χ3v) is 5.15. The number of hydrogen-bond acceptors (Lipinski definition) is 8. The topological polar surface area (TPSA) is 114 Å². The van der Waals surface area contributed by atoms with Gasteiger partial charge in [-0.15, -0.1) is 10.2 Å². The van der Waals surface area contributed by atoms with Crippen LogP contribution in [-0.4, -0.2) is 63.5 Å². The number of anilines is 2. The van der Waals surface area contributed by atoms with Gasteiger partial charge in [0.2, 0.25) is 0 Å². The Morgan fingerprint density at radius 2 is 1.93 bits per heavy atom. The fourth-order valence-electron chi connectivity index (χ4n) is 3.82. The Bertz CT molecular complexity index is 993. The first-order valence-corrected chi connectivity index (χ1v) is 9.23. The number of benzene rings is 1. The number of aromatic hydroxyl groups is 1. The van der Waals surface area contributed by atoms with E-state index in [1.165, 1.54) is 0 Å². The van der Waals surface area contributed by atoms with Gasteiger partial charge in [-0.1, -0.05) is 12.1 Å². The summed E-state index contributed by atoms with van der Waals surface area (Å²) in [5.74, 6) is 0.419. The van der Waals surface area contributed by atoms with Crippen LogP contribution in [0.15, 0.2) is 42.7 Å². The molecule has 0 spiro atoms. The largest absolute Gasteiger partial charge is 0.507 e. The molecular formula is C19H21N7O2. The van der Waals surface area contributed by atoms with Gasteiger partial charge in [-0.25, -0.2) is 4.68 Å². The SMILES string of the molecule is Nc1nnc(-c2ccccc2O)cc1-n1cc(N2CC3COCC(C2)N3)cn1. The minimum absolute atomic E-state index is 0.142. The first kappa shape index (κ1) is 17.0. The molecule has 2 fully saturated rings. The van der Waals surface area contributed by atoms with E-state index in [4.69, 9.17) is 10.5 Å². The monoisotopic (exact) mass is 379 g/mol. The molecule has 9 heteroatoms. The number of hydrogen-bond donors (Lipinski definition) is 3. The molecular weight excluding hydrogens is 358 g/mol. The van der Waals surface area contributed by atoms with Crippen LogP contribution < -0.4 is 16.0 Å². The van der Waals surface area contributed by atoms with Crippen molar-refractivity contribution in [2.75, 3.05) is 36.9 Å². The number of nitrogens with two attached hydrogens (primary N) is 1. The number of para-hydroxylation sites is 1. The van der Waals surface area contributed by atoms with Gasteiger partial charge in [0.05, 0.1) is 37.0 Å². The summed E-state index contributed by atoms with van der Waals surface area (Å²) >= 11 is 0. The van der Waals surface area contributed by atoms with Crippen LogP contribution >= 0.6 is 0 Å². The van der Waals surface area contributed by atoms with Crippen LogP contribution in [0.25, 0.3) is 16.9 Å². The molecule has 2 unspecified atom stereocenters. The number of aromatic nitrogens is 4. The highest BCUT2D eigenvalue weighted by atomic mass is 16.5. The van der Waals surface area contributed by atoms with E-state index in [0.29, 0.717) is 29.0 Å². The van der Waals surface area contributed by atoms with Gasteiger partial charge >= 0.3 is 0 Å². The van der Waals surface area contributed by atoms with Crippen LogP contribution in [0.3, 0.4) is 0 Å². The van der Waals surface area contributed by atoms with Gasteiger partial charge in [-0.2, -0.15) is 5.10 Å². The van der Waals surface area contributed by atoms with Gasteiger partial charge in [0.25, 0.3) is 0 Å². The number of morpholine rings is 1. The zero-order valence-electron chi connectivity index (χ0n) is 15.2. The van der Waals surface area contributed by atoms with E-state index < -0.39 is 0 Å². The number of phenols is 1. The van der Waals surface area contributed by atoms with E-state index in [9.17, 15) is 5.11 Å². The third-order valence-electron chi connectivity index (χ3n) is 5.15. The van der Waals surface area contributed by atoms with Crippen molar-refractivity contribution in [2.24, 2.45) is 0 Å². The van der Waals surface area contributed by atoms with Crippen molar-refractivity contribution in [1.82, 2.24) is 25.3 Å². The Labute approximate surface area is 161 Å². The normalized spacial score (nSPS) is 21.6. The molecule has 28 heavy (non-hydrogen) atoms. The maximum atomic E-state index is 10.1. The second-order valence-electron chi connectivity index (χ2n) is 7.16. The first-order valence-electron chi connectivity index (χ1n) is 9.23. The van der Waals surface area contributed by atoms with Crippen molar-refractivity contribution < 1.29 is 9.84 Å². The minimum Gasteiger partial charge on any atom is -0.507 e. The molecule has 2 aliphatic rings. The molecule has 0 amide bonds. The Morgan fingerprint density at radius 1 is 1.14 bits per heavy atom. The minimum atomic E-state index is 0.142. The van der Waals surface area contributed by atoms with E-state index in [-0.39, 0.29) is 11.6 Å². The summed E-state index contributed by atoms with van der Waals surface area (Å²) < 4.78 is 7.32. The van der Waals surface area contributed by atoms with E-state index in [1.807, 2.05) is 18.5 Å². The zero-order chi connectivity index (χ0) is 19.1. The van der Waals surface area contributed by atoms with Crippen LogP contribution in [0.2, 0.25) is 0 Å². The Morgan fingerprint density at radius 3 is 2.71 bits per heavy atom. The lowest BCUT2D eigenvalue weighted by molar-refractivity contribution is 0.0376. The van der Waals surface area contributed by atoms with Gasteiger partial charge in [0.1, 0.15) is 11.4 Å². The summed E-state index contributed by atoms with van der Waals surface area (Å²) in [7, 11) is 0. The van der Waals surface area contributed by atoms with Crippen LogP contribution in [0, 0.1) is 0 Å². The van der Waals surface area contributed by atoms with Crippen molar-refractivity contribution in [1.29, 1.82) is 0 Å². The lowest BCUT2D eigenvalue weighted by Gasteiger charge is -2.42. The number of piperazine rings is 1. The lowest BCUT2D eigenvalue weighted by atomic mass is 10.1. The Hall–Kier alpha value is -3.17. The maximum Gasteiger partial charge on any atom is 0.172 e. The van der Waals surface area contributed by atoms with Crippen molar-refractivity contribution >= 4 is 11.5 Å². The molecule has 9 nitrogen and oxygen atoms in total. The molecule has 0 saturated carbocycles. The van der Waals surface area contributed by atoms with Gasteiger partial charge in [0.15, 0.2) is 5.82 Å². The molecule has 4 heterocycles. The molecule has 2 saturated heterocycles. The molecule has 3 aromatic rings. The van der Waals surface area contributed by atoms with E-state index in [0.717, 1.165) is 32.0 Å². The molecule has 5 rings (SSSR count). The number of nitrogens with zero attached hydrogens (tertiary/aromatic N) is 5. The van der Waals surface area contributed by atoms with Crippen LogP contribution in [0.1, 0.15) is 0 Å². The molecule has 2 atom stereocenters. The zero-order valence-corrected chi connectivity index (χ0v) is 15.2. The summed E-state index contributed by atoms with van der Waals surface area (Å²) in [5.41, 5.74) is 8.84. The molecule has 0 aliphatic carbocycles. The highest BCUT2D eigenvalue weighted by Crippen LogP contribution is 2.29. The Balaban J connectivity index is 1.46. The molecule has 2 bridgehead atoms. The highest BCUT2D eigenvalue weighted by Gasteiger charge is 2.31. The molecule has 2 aliphatic heterocycles. The summed E-state index contributed by atoms with van der Waals surface area (Å²) in [6.45, 7) is 3.20. The Kier molecular flexibility index (Phi) is 4.10. The quantitative estimate of drug-likeness (QED) is 0.612. The number of fused-ring (bicyclic) bond motifs is 2. The summed E-state index contributed by atoms with van der Waals surface area (Å²) in [6.07, 6.45) is 3.78. The van der Waals surface area contributed by atoms with Crippen molar-refractivity contribution in [3.63, 3.8) is 0 Å². The number of ether oxygens (including phenoxy) is 1. The predicted molar refractivity (Wildman–Crippen MR) is 104 cm³/mol. The standard InChI is InChI=1S/C19H21N7O2/c20-19-17(5-16(23-24-19)15-3-1-2-4-18(15)27)26-9-14(6-21-26)25-7-12-10-28-11-13(8-25)22-12/h1-6,9,12-13,22,27H,7-8,10-11H2,(H2,20,24). The van der Waals surface area contributed by atoms with Crippen molar-refractivity contribution in [3.8, 4) is 22.7 Å². The van der Waals surface area contributed by atoms with Gasteiger partial charge in [-0.3, -0.25) is 0 Å². The van der Waals surface area contributed by atoms with Gasteiger partial charge < -0.3 is 25.8 Å². The highest BCUT2D eigenvalue weighted by molar-refractivity contribution is 5.70. The maximum absolute atomic E-state index is 10.1. The van der Waals surface area contributed by atoms with Gasteiger partial charge in [0, 0.05) is 30.7 Å². The number of nitrogens with one attached hydrogen (secondary N) is 1. The van der Waals surface area contributed by atoms with Gasteiger partial charge in [-0.05, 0) is 18.2 Å². The molecule has 0 radical (unpaired) electrons. The van der Waals surface area contributed by atoms with Crippen molar-refractivity contribution in [2.45, 2.75) is 12.1 Å². The van der Waals surface area contributed by atoms with E-state index in [1.54, 1.807) is 28.9 Å². The van der Waals surface area contributed by atoms with Crippen molar-refractivity contribution in [3.05, 3.63) is 42.7 Å². The van der Waals surface area contributed by atoms with E-state index in [2.05, 4.69) is 25.5 Å². The third kappa shape index (κ3) is 3.04. The number of nitrogen functional groups attached to an aromatic ring is 1. The fourth-order valence-corrected chi connectivity index (χ4v) is 3.82. The molecule has 144 valence electrons. The average molecular weight is 379 g/mol. The average Bonchev–Trinajstić information content (AvgIpc) is 3.19. The van der Waals surface area contributed by atoms with E-state index >= 15 is 0 Å². The van der Waals surface area contributed by atoms with Crippen LogP contribution in [0.5, 0.6) is 5.75 Å². The second kappa shape index (κ2) is 6.77. The molecule has 4 N–H and O–H groups in total. The smallest absolute Gasteiger partial charge is 0.172 e. The molecule has 1 aromatic carbocycles. The van der Waals surface area contributed by atoms with Crippen LogP contribution in [-0.2, 0) is 4.74 Å².